The van der Waals surface area contributed by atoms with Gasteiger partial charge in [0.05, 0.1) is 24.4 Å². The first-order valence-corrected chi connectivity index (χ1v) is 11.6. The first-order chi connectivity index (χ1) is 13.4. The van der Waals surface area contributed by atoms with Crippen LogP contribution in [-0.2, 0) is 24.3 Å². The van der Waals surface area contributed by atoms with E-state index in [-0.39, 0.29) is 35.6 Å². The third-order valence-electron chi connectivity index (χ3n) is 4.27. The van der Waals surface area contributed by atoms with Crippen LogP contribution in [0.1, 0.15) is 13.3 Å². The van der Waals surface area contributed by atoms with Gasteiger partial charge in [-0.1, -0.05) is 0 Å². The number of methoxy groups -OCH3 is 1. The molecule has 0 radical (unpaired) electrons. The zero-order chi connectivity index (χ0) is 20.6. The average molecular weight is 431 g/mol. The molecule has 1 saturated heterocycles. The van der Waals surface area contributed by atoms with Crippen LogP contribution in [0, 0.1) is 0 Å². The summed E-state index contributed by atoms with van der Waals surface area (Å²) in [5.41, 5.74) is 0. The Hall–Kier alpha value is -1.78. The number of esters is 1. The maximum absolute atomic E-state index is 12.8. The van der Waals surface area contributed by atoms with Gasteiger partial charge in [-0.3, -0.25) is 9.59 Å². The number of rotatable bonds is 9. The van der Waals surface area contributed by atoms with Gasteiger partial charge in [0.2, 0.25) is 15.9 Å². The Labute approximate surface area is 170 Å². The fourth-order valence-corrected chi connectivity index (χ4v) is 4.90. The Morgan fingerprint density at radius 1 is 1.11 bits per heavy atom. The number of carbonyl (C=O) groups excluding carboxylic acids is 2. The molecule has 0 aromatic heterocycles. The van der Waals surface area contributed by atoms with Crippen LogP contribution in [0.2, 0.25) is 0 Å². The zero-order valence-electron chi connectivity index (χ0n) is 16.1. The van der Waals surface area contributed by atoms with Gasteiger partial charge in [-0.05, 0) is 31.2 Å². The molecular formula is C18H26N2O6S2. The molecule has 28 heavy (non-hydrogen) atoms. The minimum atomic E-state index is -3.59. The molecule has 2 rings (SSSR count). The second-order valence-corrected chi connectivity index (χ2v) is 9.11. The molecule has 1 amide bonds. The van der Waals surface area contributed by atoms with Crippen LogP contribution < -0.4 is 4.74 Å². The van der Waals surface area contributed by atoms with E-state index in [1.165, 1.54) is 35.3 Å². The number of hydrogen-bond acceptors (Lipinski definition) is 7. The summed E-state index contributed by atoms with van der Waals surface area (Å²) in [6, 6.07) is 6.36. The number of ether oxygens (including phenoxy) is 2. The zero-order valence-corrected chi connectivity index (χ0v) is 17.8. The summed E-state index contributed by atoms with van der Waals surface area (Å²) in [4.78, 5) is 25.2. The maximum atomic E-state index is 12.8. The minimum Gasteiger partial charge on any atom is -0.494 e. The average Bonchev–Trinajstić information content (AvgIpc) is 2.71. The Morgan fingerprint density at radius 3 is 2.32 bits per heavy atom. The molecule has 1 aromatic carbocycles. The van der Waals surface area contributed by atoms with Crippen molar-refractivity contribution in [2.75, 3.05) is 51.4 Å². The topological polar surface area (TPSA) is 93.2 Å². The highest BCUT2D eigenvalue weighted by Gasteiger charge is 2.29. The van der Waals surface area contributed by atoms with E-state index in [1.807, 2.05) is 6.92 Å². The molecule has 0 unspecified atom stereocenters. The molecule has 0 bridgehead atoms. The Balaban J connectivity index is 1.83. The largest absolute Gasteiger partial charge is 0.494 e. The van der Waals surface area contributed by atoms with Crippen LogP contribution in [0.5, 0.6) is 5.75 Å². The van der Waals surface area contributed by atoms with E-state index in [0.717, 1.165) is 0 Å². The second-order valence-electron chi connectivity index (χ2n) is 6.07. The summed E-state index contributed by atoms with van der Waals surface area (Å²) >= 11 is 1.35. The lowest BCUT2D eigenvalue weighted by Gasteiger charge is -2.34. The van der Waals surface area contributed by atoms with E-state index in [0.29, 0.717) is 37.6 Å². The lowest BCUT2D eigenvalue weighted by Crippen LogP contribution is -2.50. The quantitative estimate of drug-likeness (QED) is 0.429. The molecule has 0 aliphatic carbocycles. The van der Waals surface area contributed by atoms with Crippen molar-refractivity contribution in [3.05, 3.63) is 24.3 Å². The summed E-state index contributed by atoms with van der Waals surface area (Å²) in [6.07, 6.45) is 0.313. The second kappa shape index (κ2) is 10.7. The fraction of sp³-hybridized carbons (Fsp3) is 0.556. The molecule has 0 spiro atoms. The van der Waals surface area contributed by atoms with E-state index in [1.54, 1.807) is 17.0 Å². The van der Waals surface area contributed by atoms with Gasteiger partial charge in [0, 0.05) is 38.4 Å². The molecule has 1 fully saturated rings. The van der Waals surface area contributed by atoms with Gasteiger partial charge >= 0.3 is 5.97 Å². The van der Waals surface area contributed by atoms with Crippen molar-refractivity contribution < 1.29 is 27.5 Å². The monoisotopic (exact) mass is 430 g/mol. The van der Waals surface area contributed by atoms with Gasteiger partial charge in [0.25, 0.3) is 0 Å². The maximum Gasteiger partial charge on any atom is 0.315 e. The summed E-state index contributed by atoms with van der Waals surface area (Å²) < 4.78 is 36.8. The number of hydrogen-bond donors (Lipinski definition) is 0. The smallest absolute Gasteiger partial charge is 0.315 e. The highest BCUT2D eigenvalue weighted by Crippen LogP contribution is 2.21. The Morgan fingerprint density at radius 2 is 1.75 bits per heavy atom. The van der Waals surface area contributed by atoms with E-state index in [4.69, 9.17) is 4.74 Å². The van der Waals surface area contributed by atoms with Crippen molar-refractivity contribution >= 4 is 33.7 Å². The molecule has 0 atom stereocenters. The van der Waals surface area contributed by atoms with Crippen molar-refractivity contribution in [3.8, 4) is 5.75 Å². The number of thioether (sulfide) groups is 1. The van der Waals surface area contributed by atoms with Crippen LogP contribution in [0.3, 0.4) is 0 Å². The third kappa shape index (κ3) is 6.11. The number of benzene rings is 1. The van der Waals surface area contributed by atoms with Crippen molar-refractivity contribution in [1.82, 2.24) is 9.21 Å². The standard InChI is InChI=1S/C18H26N2O6S2/c1-3-26-15-4-6-16(7-5-15)28(23,24)20-11-9-19(10-12-20)17(21)8-13-27-14-18(22)25-2/h4-7H,3,8-14H2,1-2H3. The summed E-state index contributed by atoms with van der Waals surface area (Å²) in [7, 11) is -2.26. The van der Waals surface area contributed by atoms with Gasteiger partial charge in [0.15, 0.2) is 0 Å². The number of nitrogens with zero attached hydrogens (tertiary/aromatic N) is 2. The fourth-order valence-electron chi connectivity index (χ4n) is 2.73. The summed E-state index contributed by atoms with van der Waals surface area (Å²) in [5, 5.41) is 0. The Bertz CT molecular complexity index is 759. The number of amides is 1. The number of piperazine rings is 1. The van der Waals surface area contributed by atoms with E-state index in [2.05, 4.69) is 4.74 Å². The van der Waals surface area contributed by atoms with Crippen LogP contribution >= 0.6 is 11.8 Å². The molecule has 1 heterocycles. The summed E-state index contributed by atoms with van der Waals surface area (Å²) in [5.74, 6) is 1.03. The van der Waals surface area contributed by atoms with Crippen LogP contribution in [-0.4, -0.2) is 80.9 Å². The van der Waals surface area contributed by atoms with E-state index < -0.39 is 10.0 Å². The van der Waals surface area contributed by atoms with Crippen LogP contribution in [0.4, 0.5) is 0 Å². The SMILES string of the molecule is CCOc1ccc(S(=O)(=O)N2CCN(C(=O)CCSCC(=O)OC)CC2)cc1. The van der Waals surface area contributed by atoms with Crippen molar-refractivity contribution in [2.24, 2.45) is 0 Å². The first kappa shape index (κ1) is 22.5. The van der Waals surface area contributed by atoms with Crippen molar-refractivity contribution in [3.63, 3.8) is 0 Å². The number of sulfonamides is 1. The molecule has 8 nitrogen and oxygen atoms in total. The highest BCUT2D eigenvalue weighted by atomic mass is 32.2. The van der Waals surface area contributed by atoms with E-state index >= 15 is 0 Å². The molecule has 1 aliphatic rings. The van der Waals surface area contributed by atoms with Crippen LogP contribution in [0.15, 0.2) is 29.2 Å². The van der Waals surface area contributed by atoms with Gasteiger partial charge in [-0.2, -0.15) is 4.31 Å². The van der Waals surface area contributed by atoms with Crippen molar-refractivity contribution in [2.45, 2.75) is 18.2 Å². The van der Waals surface area contributed by atoms with E-state index in [9.17, 15) is 18.0 Å². The minimum absolute atomic E-state index is 0.0320. The molecule has 0 N–H and O–H groups in total. The Kier molecular flexibility index (Phi) is 8.58. The molecule has 156 valence electrons. The normalized spacial score (nSPS) is 15.3. The molecule has 0 saturated carbocycles. The third-order valence-corrected chi connectivity index (χ3v) is 7.12. The molecule has 1 aromatic rings. The lowest BCUT2D eigenvalue weighted by atomic mass is 10.3. The van der Waals surface area contributed by atoms with Crippen LogP contribution in [0.25, 0.3) is 0 Å². The highest BCUT2D eigenvalue weighted by molar-refractivity contribution is 7.99. The van der Waals surface area contributed by atoms with Gasteiger partial charge in [-0.25, -0.2) is 8.42 Å². The predicted molar refractivity (Wildman–Crippen MR) is 107 cm³/mol. The van der Waals surface area contributed by atoms with Gasteiger partial charge < -0.3 is 14.4 Å². The lowest BCUT2D eigenvalue weighted by molar-refractivity contribution is -0.137. The molecular weight excluding hydrogens is 404 g/mol. The molecule has 1 aliphatic heterocycles. The summed E-state index contributed by atoms with van der Waals surface area (Å²) in [6.45, 7) is 3.62. The van der Waals surface area contributed by atoms with Gasteiger partial charge in [0.1, 0.15) is 5.75 Å². The molecule has 10 heteroatoms. The predicted octanol–water partition coefficient (Wildman–Crippen LogP) is 1.21. The van der Waals surface area contributed by atoms with Crippen molar-refractivity contribution in [1.29, 1.82) is 0 Å². The number of carbonyl (C=O) groups is 2. The first-order valence-electron chi connectivity index (χ1n) is 9.03. The van der Waals surface area contributed by atoms with Gasteiger partial charge in [-0.15, -0.1) is 11.8 Å².